The maximum absolute atomic E-state index is 10.7. The average molecular weight is 195 g/mol. The van der Waals surface area contributed by atoms with E-state index >= 15 is 0 Å². The van der Waals surface area contributed by atoms with Crippen molar-refractivity contribution < 1.29 is 14.8 Å². The van der Waals surface area contributed by atoms with Crippen molar-refractivity contribution in [3.63, 3.8) is 0 Å². The summed E-state index contributed by atoms with van der Waals surface area (Å²) in [6, 6.07) is 4.60. The molecule has 0 aromatic heterocycles. The molecule has 0 amide bonds. The van der Waals surface area contributed by atoms with Crippen molar-refractivity contribution in [1.82, 2.24) is 0 Å². The first-order chi connectivity index (χ1) is 6.52. The van der Waals surface area contributed by atoms with Crippen LogP contribution in [0.25, 0.3) is 0 Å². The summed E-state index contributed by atoms with van der Waals surface area (Å²) >= 11 is 0. The van der Waals surface area contributed by atoms with Gasteiger partial charge in [-0.25, -0.2) is 4.79 Å². The highest BCUT2D eigenvalue weighted by atomic mass is 16.6. The van der Waals surface area contributed by atoms with Crippen LogP contribution >= 0.6 is 0 Å². The molecule has 1 rings (SSSR count). The van der Waals surface area contributed by atoms with E-state index in [0.29, 0.717) is 5.56 Å². The molecular formula is C9H9NO4. The van der Waals surface area contributed by atoms with E-state index in [2.05, 4.69) is 0 Å². The van der Waals surface area contributed by atoms with Crippen molar-refractivity contribution in [1.29, 1.82) is 0 Å². The van der Waals surface area contributed by atoms with E-state index in [1.807, 2.05) is 0 Å². The highest BCUT2D eigenvalue weighted by Crippen LogP contribution is 2.15. The number of benzene rings is 1. The van der Waals surface area contributed by atoms with Crippen LogP contribution in [0.15, 0.2) is 18.2 Å². The molecule has 5 nitrogen and oxygen atoms in total. The lowest BCUT2D eigenvalue weighted by Gasteiger charge is -2.04. The zero-order chi connectivity index (χ0) is 10.7. The fraction of sp³-hybridized carbons (Fsp3) is 0.222. The fourth-order valence-electron chi connectivity index (χ4n) is 1.24. The van der Waals surface area contributed by atoms with Gasteiger partial charge in [-0.1, -0.05) is 12.1 Å². The summed E-state index contributed by atoms with van der Waals surface area (Å²) in [6.07, 6.45) is 0. The van der Waals surface area contributed by atoms with E-state index in [1.165, 1.54) is 6.07 Å². The molecule has 0 atom stereocenters. The minimum atomic E-state index is -1.13. The number of aromatic carboxylic acids is 1. The molecule has 0 unspecified atom stereocenters. The third kappa shape index (κ3) is 2.07. The number of rotatable bonds is 3. The first-order valence-corrected chi connectivity index (χ1v) is 3.96. The smallest absolute Gasteiger partial charge is 0.336 e. The van der Waals surface area contributed by atoms with Crippen LogP contribution in [-0.4, -0.2) is 16.0 Å². The highest BCUT2D eigenvalue weighted by molar-refractivity contribution is 5.89. The summed E-state index contributed by atoms with van der Waals surface area (Å²) in [5, 5.41) is 19.1. The summed E-state index contributed by atoms with van der Waals surface area (Å²) < 4.78 is 0. The zero-order valence-electron chi connectivity index (χ0n) is 7.56. The molecule has 74 valence electrons. The maximum atomic E-state index is 10.7. The van der Waals surface area contributed by atoms with Gasteiger partial charge in [-0.05, 0) is 18.6 Å². The lowest BCUT2D eigenvalue weighted by Crippen LogP contribution is -2.08. The number of carboxylic acids is 1. The van der Waals surface area contributed by atoms with Crippen LogP contribution in [0.4, 0.5) is 0 Å². The van der Waals surface area contributed by atoms with Gasteiger partial charge in [0.25, 0.3) is 0 Å². The first-order valence-electron chi connectivity index (χ1n) is 3.96. The molecule has 0 heterocycles. The van der Waals surface area contributed by atoms with Gasteiger partial charge in [0.1, 0.15) is 0 Å². The molecular weight excluding hydrogens is 186 g/mol. The molecule has 0 radical (unpaired) electrons. The van der Waals surface area contributed by atoms with Crippen LogP contribution in [-0.2, 0) is 6.54 Å². The zero-order valence-corrected chi connectivity index (χ0v) is 7.56. The topological polar surface area (TPSA) is 80.4 Å². The third-order valence-electron chi connectivity index (χ3n) is 1.93. The third-order valence-corrected chi connectivity index (χ3v) is 1.93. The SMILES string of the molecule is Cc1cccc(C(=O)O)c1C[N+](=O)[O-]. The fourth-order valence-corrected chi connectivity index (χ4v) is 1.24. The number of aryl methyl sites for hydroxylation is 1. The number of hydrogen-bond acceptors (Lipinski definition) is 3. The summed E-state index contributed by atoms with van der Waals surface area (Å²) in [6.45, 7) is 1.21. The molecule has 0 aliphatic rings. The van der Waals surface area contributed by atoms with Crippen molar-refractivity contribution in [3.8, 4) is 0 Å². The normalized spacial score (nSPS) is 9.79. The molecule has 5 heteroatoms. The van der Waals surface area contributed by atoms with Gasteiger partial charge in [0.2, 0.25) is 6.54 Å². The molecule has 0 spiro atoms. The summed E-state index contributed by atoms with van der Waals surface area (Å²) in [5.41, 5.74) is 0.897. The van der Waals surface area contributed by atoms with Crippen molar-refractivity contribution in [2.24, 2.45) is 0 Å². The Labute approximate surface area is 80.1 Å². The molecule has 1 aromatic carbocycles. The van der Waals surface area contributed by atoms with Crippen LogP contribution in [0.2, 0.25) is 0 Å². The molecule has 0 aliphatic carbocycles. The second kappa shape index (κ2) is 3.87. The Balaban J connectivity index is 3.22. The van der Waals surface area contributed by atoms with Gasteiger partial charge in [-0.2, -0.15) is 0 Å². The standard InChI is InChI=1S/C9H9NO4/c1-6-3-2-4-7(9(11)12)8(6)5-10(13)14/h2-4H,5H2,1H3,(H,11,12). The molecule has 14 heavy (non-hydrogen) atoms. The maximum Gasteiger partial charge on any atom is 0.336 e. The lowest BCUT2D eigenvalue weighted by atomic mass is 10.0. The van der Waals surface area contributed by atoms with E-state index in [9.17, 15) is 14.9 Å². The van der Waals surface area contributed by atoms with E-state index in [-0.39, 0.29) is 11.1 Å². The Morgan fingerprint density at radius 1 is 1.57 bits per heavy atom. The Morgan fingerprint density at radius 3 is 2.71 bits per heavy atom. The van der Waals surface area contributed by atoms with Gasteiger partial charge in [-0.3, -0.25) is 10.1 Å². The monoisotopic (exact) mass is 195 g/mol. The predicted molar refractivity (Wildman–Crippen MR) is 48.8 cm³/mol. The lowest BCUT2D eigenvalue weighted by molar-refractivity contribution is -0.496. The van der Waals surface area contributed by atoms with Crippen LogP contribution < -0.4 is 0 Å². The largest absolute Gasteiger partial charge is 0.478 e. The van der Waals surface area contributed by atoms with Gasteiger partial charge >= 0.3 is 5.97 Å². The summed E-state index contributed by atoms with van der Waals surface area (Å²) in [5.74, 6) is -1.13. The van der Waals surface area contributed by atoms with Crippen LogP contribution in [0.1, 0.15) is 21.5 Å². The molecule has 0 aliphatic heterocycles. The van der Waals surface area contributed by atoms with Gasteiger partial charge in [0.05, 0.1) is 5.56 Å². The quantitative estimate of drug-likeness (QED) is 0.585. The van der Waals surface area contributed by atoms with Gasteiger partial charge < -0.3 is 5.11 Å². The molecule has 0 fully saturated rings. The Kier molecular flexibility index (Phi) is 2.81. The van der Waals surface area contributed by atoms with Gasteiger partial charge in [-0.15, -0.1) is 0 Å². The van der Waals surface area contributed by atoms with Crippen molar-refractivity contribution in [2.45, 2.75) is 13.5 Å². The number of nitro groups is 1. The van der Waals surface area contributed by atoms with Crippen LogP contribution in [0, 0.1) is 17.0 Å². The van der Waals surface area contributed by atoms with Crippen molar-refractivity contribution in [3.05, 3.63) is 45.0 Å². The van der Waals surface area contributed by atoms with Crippen LogP contribution in [0.3, 0.4) is 0 Å². The van der Waals surface area contributed by atoms with Gasteiger partial charge in [0, 0.05) is 10.5 Å². The molecule has 1 N–H and O–H groups in total. The highest BCUT2D eigenvalue weighted by Gasteiger charge is 2.15. The van der Waals surface area contributed by atoms with Gasteiger partial charge in [0.15, 0.2) is 0 Å². The molecule has 0 bridgehead atoms. The number of hydrogen-bond donors (Lipinski definition) is 1. The van der Waals surface area contributed by atoms with E-state index < -0.39 is 17.4 Å². The number of nitrogens with zero attached hydrogens (tertiary/aromatic N) is 1. The summed E-state index contributed by atoms with van der Waals surface area (Å²) in [4.78, 5) is 20.5. The molecule has 0 saturated carbocycles. The van der Waals surface area contributed by atoms with Crippen LogP contribution in [0.5, 0.6) is 0 Å². The molecule has 0 saturated heterocycles. The Morgan fingerprint density at radius 2 is 2.21 bits per heavy atom. The van der Waals surface area contributed by atoms with E-state index in [0.717, 1.165) is 0 Å². The second-order valence-corrected chi connectivity index (χ2v) is 2.90. The second-order valence-electron chi connectivity index (χ2n) is 2.90. The Hall–Kier alpha value is -1.91. The number of carbonyl (C=O) groups is 1. The van der Waals surface area contributed by atoms with Crippen molar-refractivity contribution in [2.75, 3.05) is 0 Å². The Bertz CT molecular complexity index is 386. The predicted octanol–water partition coefficient (Wildman–Crippen LogP) is 1.47. The number of carboxylic acid groups (broad SMARTS) is 1. The first kappa shape index (κ1) is 10.2. The van der Waals surface area contributed by atoms with Crippen molar-refractivity contribution >= 4 is 5.97 Å². The van der Waals surface area contributed by atoms with E-state index in [4.69, 9.17) is 5.11 Å². The molecule has 1 aromatic rings. The average Bonchev–Trinajstić information content (AvgIpc) is 2.07. The minimum Gasteiger partial charge on any atom is -0.478 e. The summed E-state index contributed by atoms with van der Waals surface area (Å²) in [7, 11) is 0. The minimum absolute atomic E-state index is 0.00157. The van der Waals surface area contributed by atoms with E-state index in [1.54, 1.807) is 19.1 Å².